The maximum Gasteiger partial charge on any atom is 0.227 e. The fourth-order valence-electron chi connectivity index (χ4n) is 3.77. The number of benzene rings is 2. The first kappa shape index (κ1) is 21.2. The third-order valence-electron chi connectivity index (χ3n) is 5.47. The van der Waals surface area contributed by atoms with Gasteiger partial charge in [-0.05, 0) is 53.4 Å². The average molecular weight is 435 g/mol. The predicted molar refractivity (Wildman–Crippen MR) is 126 cm³/mol. The highest BCUT2D eigenvalue weighted by Crippen LogP contribution is 2.32. The molecule has 0 spiro atoms. The number of nitrogens with zero attached hydrogens (tertiary/aromatic N) is 3. The van der Waals surface area contributed by atoms with Gasteiger partial charge in [0.05, 0.1) is 11.4 Å². The summed E-state index contributed by atoms with van der Waals surface area (Å²) in [6, 6.07) is 13.9. The zero-order chi connectivity index (χ0) is 22.2. The molecule has 31 heavy (non-hydrogen) atoms. The number of nitrogens with one attached hydrogen (secondary N) is 1. The van der Waals surface area contributed by atoms with Gasteiger partial charge in [-0.2, -0.15) is 0 Å². The molecule has 3 aromatic rings. The summed E-state index contributed by atoms with van der Waals surface area (Å²) < 4.78 is 23.4. The monoisotopic (exact) mass is 434 g/mol. The minimum absolute atomic E-state index is 0.00344. The van der Waals surface area contributed by atoms with Gasteiger partial charge in [0.15, 0.2) is 9.84 Å². The van der Waals surface area contributed by atoms with Crippen LogP contribution >= 0.6 is 0 Å². The second-order valence-corrected chi connectivity index (χ2v) is 10.9. The van der Waals surface area contributed by atoms with Crippen molar-refractivity contribution in [1.82, 2.24) is 9.97 Å². The highest BCUT2D eigenvalue weighted by Gasteiger charge is 2.26. The van der Waals surface area contributed by atoms with E-state index >= 15 is 0 Å². The summed E-state index contributed by atoms with van der Waals surface area (Å²) in [4.78, 5) is 13.5. The van der Waals surface area contributed by atoms with Crippen molar-refractivity contribution in [3.8, 4) is 11.3 Å². The highest BCUT2D eigenvalue weighted by molar-refractivity contribution is 7.89. The van der Waals surface area contributed by atoms with E-state index in [2.05, 4.69) is 52.3 Å². The second kappa shape index (κ2) is 7.89. The first-order valence-corrected chi connectivity index (χ1v) is 12.2. The van der Waals surface area contributed by atoms with Crippen LogP contribution in [0.4, 0.5) is 11.6 Å². The lowest BCUT2D eigenvalue weighted by molar-refractivity contribution is 0.534. The molecule has 2 heterocycles. The van der Waals surface area contributed by atoms with Crippen molar-refractivity contribution < 1.29 is 8.42 Å². The number of aromatic nitrogens is 2. The molecular formula is C24H26N4O2S. The molecule has 0 saturated heterocycles. The lowest BCUT2D eigenvalue weighted by Gasteiger charge is -2.28. The van der Waals surface area contributed by atoms with Gasteiger partial charge >= 0.3 is 0 Å². The molecule has 7 heteroatoms. The van der Waals surface area contributed by atoms with Crippen LogP contribution in [0.25, 0.3) is 11.3 Å². The summed E-state index contributed by atoms with van der Waals surface area (Å²) in [5.74, 6) is 0.467. The molecule has 0 unspecified atom stereocenters. The Bertz CT molecular complexity index is 1280. The zero-order valence-electron chi connectivity index (χ0n) is 18.2. The summed E-state index contributed by atoms with van der Waals surface area (Å²) in [6.45, 7) is 7.07. The van der Waals surface area contributed by atoms with E-state index in [1.54, 1.807) is 6.20 Å². The summed E-state index contributed by atoms with van der Waals surface area (Å²) >= 11 is 0. The molecule has 160 valence electrons. The number of rotatable bonds is 5. The summed E-state index contributed by atoms with van der Waals surface area (Å²) in [5.41, 5.74) is 6.68. The van der Waals surface area contributed by atoms with Crippen molar-refractivity contribution >= 4 is 27.7 Å². The number of aryl methyl sites for hydroxylation is 1. The predicted octanol–water partition coefficient (Wildman–Crippen LogP) is 4.45. The van der Waals surface area contributed by atoms with E-state index in [1.165, 1.54) is 11.8 Å². The van der Waals surface area contributed by atoms with E-state index < -0.39 is 9.84 Å². The fourth-order valence-corrected chi connectivity index (χ4v) is 4.64. The fraction of sp³-hybridized carbons (Fsp3) is 0.292. The lowest BCUT2D eigenvalue weighted by atomic mass is 9.79. The number of sulfone groups is 1. The van der Waals surface area contributed by atoms with E-state index in [1.807, 2.05) is 37.4 Å². The van der Waals surface area contributed by atoms with E-state index in [4.69, 9.17) is 0 Å². The largest absolute Gasteiger partial charge is 0.324 e. The second-order valence-electron chi connectivity index (χ2n) is 8.76. The summed E-state index contributed by atoms with van der Waals surface area (Å²) in [7, 11) is -3.12. The van der Waals surface area contributed by atoms with Crippen molar-refractivity contribution in [2.24, 2.45) is 4.99 Å². The Labute approximate surface area is 183 Å². The van der Waals surface area contributed by atoms with Crippen LogP contribution in [-0.2, 0) is 21.0 Å². The average Bonchev–Trinajstić information content (AvgIpc) is 2.69. The number of hydrogen-bond donors (Lipinski definition) is 1. The first-order chi connectivity index (χ1) is 14.6. The molecule has 0 atom stereocenters. The molecule has 1 aliphatic rings. The van der Waals surface area contributed by atoms with Gasteiger partial charge in [-0.25, -0.2) is 18.4 Å². The normalized spacial score (nSPS) is 14.8. The molecule has 0 fully saturated rings. The number of hydrogen-bond acceptors (Lipinski definition) is 6. The van der Waals surface area contributed by atoms with Crippen LogP contribution in [-0.4, -0.2) is 37.4 Å². The van der Waals surface area contributed by atoms with E-state index in [9.17, 15) is 8.42 Å². The third-order valence-corrected chi connectivity index (χ3v) is 6.31. The Kier molecular flexibility index (Phi) is 5.39. The zero-order valence-corrected chi connectivity index (χ0v) is 19.0. The lowest BCUT2D eigenvalue weighted by Crippen LogP contribution is -2.26. The van der Waals surface area contributed by atoms with Crippen LogP contribution in [0.5, 0.6) is 0 Å². The summed E-state index contributed by atoms with van der Waals surface area (Å²) in [6.07, 6.45) is 4.90. The molecule has 0 radical (unpaired) electrons. The Hall–Kier alpha value is -3.06. The first-order valence-electron chi connectivity index (χ1n) is 10.1. The Morgan fingerprint density at radius 1 is 1.10 bits per heavy atom. The standard InChI is InChI=1S/C24H26N4O2S/c1-16-5-8-20(11-19(16)14-31(4,29)30)27-23-26-10-9-22(28-23)17-6-7-18-13-25-15-24(2,3)21(18)12-17/h5-13H,14-15H2,1-4H3,(H,26,27,28). The number of fused-ring (bicyclic) bond motifs is 1. The van der Waals surface area contributed by atoms with Gasteiger partial charge in [-0.3, -0.25) is 4.99 Å². The molecule has 2 aromatic carbocycles. The van der Waals surface area contributed by atoms with Gasteiger partial charge in [0.2, 0.25) is 5.95 Å². The van der Waals surface area contributed by atoms with Crippen LogP contribution in [0, 0.1) is 6.92 Å². The van der Waals surface area contributed by atoms with Crippen molar-refractivity contribution in [1.29, 1.82) is 0 Å². The molecule has 4 rings (SSSR count). The van der Waals surface area contributed by atoms with E-state index in [0.717, 1.165) is 40.2 Å². The van der Waals surface area contributed by atoms with Gasteiger partial charge in [-0.1, -0.05) is 32.0 Å². The maximum absolute atomic E-state index is 11.7. The van der Waals surface area contributed by atoms with E-state index in [0.29, 0.717) is 5.95 Å². The quantitative estimate of drug-likeness (QED) is 0.641. The minimum Gasteiger partial charge on any atom is -0.324 e. The molecule has 1 N–H and O–H groups in total. The summed E-state index contributed by atoms with van der Waals surface area (Å²) in [5, 5.41) is 3.21. The van der Waals surface area contributed by atoms with Crippen molar-refractivity contribution in [3.05, 3.63) is 70.9 Å². The van der Waals surface area contributed by atoms with E-state index in [-0.39, 0.29) is 11.2 Å². The molecule has 6 nitrogen and oxygen atoms in total. The Balaban J connectivity index is 1.63. The Morgan fingerprint density at radius 2 is 1.90 bits per heavy atom. The SMILES string of the molecule is Cc1ccc(Nc2nccc(-c3ccc4c(c3)C(C)(C)CN=C4)n2)cc1CS(C)(=O)=O. The topological polar surface area (TPSA) is 84.3 Å². The number of anilines is 2. The molecule has 1 aliphatic heterocycles. The molecule has 0 aliphatic carbocycles. The smallest absolute Gasteiger partial charge is 0.227 e. The minimum atomic E-state index is -3.12. The molecule has 0 saturated carbocycles. The highest BCUT2D eigenvalue weighted by atomic mass is 32.2. The number of aliphatic imine (C=N–C) groups is 1. The molecular weight excluding hydrogens is 408 g/mol. The molecule has 1 aromatic heterocycles. The van der Waals surface area contributed by atoms with Crippen LogP contribution in [0.2, 0.25) is 0 Å². The maximum atomic E-state index is 11.7. The third kappa shape index (κ3) is 4.82. The van der Waals surface area contributed by atoms with Crippen molar-refractivity contribution in [2.45, 2.75) is 31.9 Å². The van der Waals surface area contributed by atoms with Gasteiger partial charge < -0.3 is 5.32 Å². The molecule has 0 bridgehead atoms. The molecule has 0 amide bonds. The van der Waals surface area contributed by atoms with Gasteiger partial charge in [0, 0.05) is 41.9 Å². The van der Waals surface area contributed by atoms with Crippen molar-refractivity contribution in [3.63, 3.8) is 0 Å². The van der Waals surface area contributed by atoms with Crippen molar-refractivity contribution in [2.75, 3.05) is 18.1 Å². The van der Waals surface area contributed by atoms with Crippen LogP contribution < -0.4 is 5.32 Å². The van der Waals surface area contributed by atoms with Crippen LogP contribution in [0.15, 0.2) is 53.7 Å². The Morgan fingerprint density at radius 3 is 2.68 bits per heavy atom. The van der Waals surface area contributed by atoms with Crippen LogP contribution in [0.3, 0.4) is 0 Å². The van der Waals surface area contributed by atoms with Gasteiger partial charge in [0.25, 0.3) is 0 Å². The van der Waals surface area contributed by atoms with Crippen LogP contribution in [0.1, 0.15) is 36.1 Å². The van der Waals surface area contributed by atoms with Gasteiger partial charge in [0.1, 0.15) is 0 Å². The van der Waals surface area contributed by atoms with Gasteiger partial charge in [-0.15, -0.1) is 0 Å².